The zero-order valence-electron chi connectivity index (χ0n) is 15.8. The molecule has 0 saturated heterocycles. The monoisotopic (exact) mass is 386 g/mol. The average molecular weight is 386 g/mol. The van der Waals surface area contributed by atoms with Gasteiger partial charge in [0.2, 0.25) is 0 Å². The molecule has 0 unspecified atom stereocenters. The Balaban J connectivity index is 1.54. The quantitative estimate of drug-likeness (QED) is 0.537. The van der Waals surface area contributed by atoms with Crippen LogP contribution >= 0.6 is 11.3 Å². The molecule has 0 fully saturated rings. The van der Waals surface area contributed by atoms with Gasteiger partial charge in [0.05, 0.1) is 4.88 Å². The summed E-state index contributed by atoms with van der Waals surface area (Å²) in [6, 6.07) is 9.61. The van der Waals surface area contributed by atoms with Crippen molar-refractivity contribution in [1.29, 1.82) is 0 Å². The maximum Gasteiger partial charge on any atom is 0.344 e. The fourth-order valence-corrected chi connectivity index (χ4v) is 3.35. The molecule has 0 radical (unpaired) electrons. The van der Waals surface area contributed by atoms with Crippen LogP contribution in [0.4, 0.5) is 0 Å². The van der Waals surface area contributed by atoms with Gasteiger partial charge in [0.25, 0.3) is 11.8 Å². The molecule has 0 N–H and O–H groups in total. The number of rotatable bonds is 7. The molecule has 7 heteroatoms. The molecule has 0 aliphatic carbocycles. The third-order valence-electron chi connectivity index (χ3n) is 4.05. The van der Waals surface area contributed by atoms with Crippen LogP contribution in [0.2, 0.25) is 0 Å². The van der Waals surface area contributed by atoms with E-state index in [0.717, 1.165) is 10.4 Å². The van der Waals surface area contributed by atoms with Gasteiger partial charge in [-0.15, -0.1) is 21.5 Å². The van der Waals surface area contributed by atoms with Crippen LogP contribution in [-0.4, -0.2) is 22.8 Å². The summed E-state index contributed by atoms with van der Waals surface area (Å²) in [4.78, 5) is 12.9. The summed E-state index contributed by atoms with van der Waals surface area (Å²) < 4.78 is 16.4. The Labute approximate surface area is 162 Å². The van der Waals surface area contributed by atoms with Crippen molar-refractivity contribution in [3.8, 4) is 16.5 Å². The largest absolute Gasteiger partial charge is 0.482 e. The van der Waals surface area contributed by atoms with Crippen molar-refractivity contribution < 1.29 is 18.7 Å². The number of aromatic nitrogens is 2. The van der Waals surface area contributed by atoms with E-state index in [2.05, 4.69) is 24.0 Å². The number of esters is 1. The second-order valence-electron chi connectivity index (χ2n) is 6.52. The standard InChI is InChI=1S/C20H22N2O4S/c1-12(2)16-8-7-15(10-13(16)3)24-11-18(23)25-14(4)19-21-22-20(26-19)17-6-5-9-27-17/h5-10,12,14H,11H2,1-4H3/t14-/m0/s1. The van der Waals surface area contributed by atoms with Gasteiger partial charge in [-0.25, -0.2) is 4.79 Å². The first-order valence-corrected chi connectivity index (χ1v) is 9.62. The summed E-state index contributed by atoms with van der Waals surface area (Å²) >= 11 is 1.50. The van der Waals surface area contributed by atoms with Crippen LogP contribution in [0, 0.1) is 6.92 Å². The van der Waals surface area contributed by atoms with E-state index in [1.54, 1.807) is 6.92 Å². The van der Waals surface area contributed by atoms with Gasteiger partial charge >= 0.3 is 5.97 Å². The topological polar surface area (TPSA) is 74.5 Å². The van der Waals surface area contributed by atoms with Crippen molar-refractivity contribution in [3.05, 3.63) is 52.7 Å². The number of carbonyl (C=O) groups excluding carboxylic acids is 1. The number of aryl methyl sites for hydroxylation is 1. The molecule has 3 rings (SSSR count). The Hall–Kier alpha value is -2.67. The van der Waals surface area contributed by atoms with E-state index in [1.165, 1.54) is 16.9 Å². The number of ether oxygens (including phenoxy) is 2. The summed E-state index contributed by atoms with van der Waals surface area (Å²) in [5, 5.41) is 9.86. The summed E-state index contributed by atoms with van der Waals surface area (Å²) in [5.74, 6) is 1.25. The minimum Gasteiger partial charge on any atom is -0.482 e. The fourth-order valence-electron chi connectivity index (χ4n) is 2.71. The highest BCUT2D eigenvalue weighted by atomic mass is 32.1. The smallest absolute Gasteiger partial charge is 0.344 e. The number of hydrogen-bond acceptors (Lipinski definition) is 7. The molecule has 0 bridgehead atoms. The van der Waals surface area contributed by atoms with Crippen LogP contribution in [0.15, 0.2) is 40.1 Å². The number of hydrogen-bond donors (Lipinski definition) is 0. The number of carbonyl (C=O) groups is 1. The first-order valence-electron chi connectivity index (χ1n) is 8.74. The SMILES string of the molecule is Cc1cc(OCC(=O)O[C@@H](C)c2nnc(-c3cccs3)o2)ccc1C(C)C. The minimum atomic E-state index is -0.646. The lowest BCUT2D eigenvalue weighted by atomic mass is 9.98. The molecule has 2 aromatic heterocycles. The van der Waals surface area contributed by atoms with E-state index >= 15 is 0 Å². The molecular weight excluding hydrogens is 364 g/mol. The highest BCUT2D eigenvalue weighted by molar-refractivity contribution is 7.13. The van der Waals surface area contributed by atoms with Crippen LogP contribution in [0.25, 0.3) is 10.8 Å². The van der Waals surface area contributed by atoms with Crippen molar-refractivity contribution in [2.75, 3.05) is 6.61 Å². The lowest BCUT2D eigenvalue weighted by Crippen LogP contribution is -2.17. The molecule has 0 spiro atoms. The Bertz CT molecular complexity index is 903. The predicted octanol–water partition coefficient (Wildman–Crippen LogP) is 4.91. The van der Waals surface area contributed by atoms with E-state index < -0.39 is 12.1 Å². The summed E-state index contributed by atoms with van der Waals surface area (Å²) in [5.41, 5.74) is 2.40. The predicted molar refractivity (Wildman–Crippen MR) is 103 cm³/mol. The first-order chi connectivity index (χ1) is 12.9. The minimum absolute atomic E-state index is 0.184. The number of nitrogens with zero attached hydrogens (tertiary/aromatic N) is 2. The lowest BCUT2D eigenvalue weighted by molar-refractivity contribution is -0.152. The molecule has 6 nitrogen and oxygen atoms in total. The van der Waals surface area contributed by atoms with E-state index in [9.17, 15) is 4.79 Å². The first kappa shape index (κ1) is 19.1. The lowest BCUT2D eigenvalue weighted by Gasteiger charge is -2.13. The van der Waals surface area contributed by atoms with Crippen LogP contribution in [-0.2, 0) is 9.53 Å². The fraction of sp³-hybridized carbons (Fsp3) is 0.350. The van der Waals surface area contributed by atoms with Crippen LogP contribution < -0.4 is 4.74 Å². The normalized spacial score (nSPS) is 12.2. The third kappa shape index (κ3) is 4.74. The van der Waals surface area contributed by atoms with Gasteiger partial charge in [-0.2, -0.15) is 0 Å². The van der Waals surface area contributed by atoms with Crippen molar-refractivity contribution in [3.63, 3.8) is 0 Å². The third-order valence-corrected chi connectivity index (χ3v) is 4.91. The van der Waals surface area contributed by atoms with Gasteiger partial charge in [0.15, 0.2) is 12.7 Å². The van der Waals surface area contributed by atoms with E-state index in [0.29, 0.717) is 17.6 Å². The molecule has 3 aromatic rings. The average Bonchev–Trinajstić information content (AvgIpc) is 3.30. The Morgan fingerprint density at radius 2 is 2.04 bits per heavy atom. The number of benzene rings is 1. The molecule has 2 heterocycles. The zero-order valence-corrected chi connectivity index (χ0v) is 16.6. The number of thiophene rings is 1. The van der Waals surface area contributed by atoms with Gasteiger partial charge in [-0.3, -0.25) is 0 Å². The van der Waals surface area contributed by atoms with Crippen LogP contribution in [0.5, 0.6) is 5.75 Å². The highest BCUT2D eigenvalue weighted by Crippen LogP contribution is 2.26. The van der Waals surface area contributed by atoms with E-state index in [-0.39, 0.29) is 12.5 Å². The molecule has 0 amide bonds. The van der Waals surface area contributed by atoms with Crippen LogP contribution in [0.3, 0.4) is 0 Å². The Kier molecular flexibility index (Phi) is 5.91. The molecule has 142 valence electrons. The molecule has 0 saturated carbocycles. The molecule has 27 heavy (non-hydrogen) atoms. The van der Waals surface area contributed by atoms with Crippen molar-refractivity contribution in [1.82, 2.24) is 10.2 Å². The zero-order chi connectivity index (χ0) is 19.4. The van der Waals surface area contributed by atoms with E-state index in [1.807, 2.05) is 42.6 Å². The highest BCUT2D eigenvalue weighted by Gasteiger charge is 2.19. The van der Waals surface area contributed by atoms with Gasteiger partial charge in [0.1, 0.15) is 5.75 Å². The Morgan fingerprint density at radius 3 is 2.70 bits per heavy atom. The molecule has 0 aliphatic heterocycles. The molecule has 1 atom stereocenters. The summed E-state index contributed by atoms with van der Waals surface area (Å²) in [7, 11) is 0. The van der Waals surface area contributed by atoms with Gasteiger partial charge in [-0.1, -0.05) is 26.0 Å². The second-order valence-corrected chi connectivity index (χ2v) is 7.46. The molecular formula is C20H22N2O4S. The summed E-state index contributed by atoms with van der Waals surface area (Å²) in [6.45, 7) is 7.82. The molecule has 1 aromatic carbocycles. The van der Waals surface area contributed by atoms with Crippen molar-refractivity contribution >= 4 is 17.3 Å². The van der Waals surface area contributed by atoms with Crippen molar-refractivity contribution in [2.24, 2.45) is 0 Å². The van der Waals surface area contributed by atoms with Gasteiger partial charge < -0.3 is 13.9 Å². The summed E-state index contributed by atoms with van der Waals surface area (Å²) in [6.07, 6.45) is -0.646. The maximum atomic E-state index is 12.1. The van der Waals surface area contributed by atoms with E-state index in [4.69, 9.17) is 13.9 Å². The second kappa shape index (κ2) is 8.35. The van der Waals surface area contributed by atoms with Gasteiger partial charge in [0, 0.05) is 0 Å². The Morgan fingerprint density at radius 1 is 1.22 bits per heavy atom. The van der Waals surface area contributed by atoms with Crippen LogP contribution in [0.1, 0.15) is 49.8 Å². The van der Waals surface area contributed by atoms with Crippen molar-refractivity contribution in [2.45, 2.75) is 39.7 Å². The van der Waals surface area contributed by atoms with Gasteiger partial charge in [-0.05, 0) is 54.5 Å². The molecule has 0 aliphatic rings. The maximum absolute atomic E-state index is 12.1.